The van der Waals surface area contributed by atoms with Gasteiger partial charge in [-0.3, -0.25) is 9.59 Å². The number of carbonyl (C=O) groups is 1. The molecule has 4 aromatic rings. The molecule has 194 valence electrons. The molecule has 0 saturated heterocycles. The highest BCUT2D eigenvalue weighted by Gasteiger charge is 2.26. The van der Waals surface area contributed by atoms with Gasteiger partial charge in [0.25, 0.3) is 0 Å². The number of aromatic nitrogens is 1. The third-order valence-corrected chi connectivity index (χ3v) is 6.26. The summed E-state index contributed by atoms with van der Waals surface area (Å²) in [6.07, 6.45) is 2.62. The fraction of sp³-hybridized carbons (Fsp3) is 0.286. The number of ether oxygens (including phenoxy) is 2. The van der Waals surface area contributed by atoms with Crippen LogP contribution in [0.1, 0.15) is 35.8 Å². The van der Waals surface area contributed by atoms with Crippen molar-refractivity contribution in [3.63, 3.8) is 0 Å². The quantitative estimate of drug-likeness (QED) is 0.277. The van der Waals surface area contributed by atoms with Crippen LogP contribution in [-0.2, 0) is 11.3 Å². The Morgan fingerprint density at radius 1 is 1.08 bits per heavy atom. The lowest BCUT2D eigenvalue weighted by Crippen LogP contribution is -2.27. The summed E-state index contributed by atoms with van der Waals surface area (Å²) in [4.78, 5) is 25.2. The van der Waals surface area contributed by atoms with Gasteiger partial charge in [0.1, 0.15) is 11.5 Å². The number of rotatable bonds is 10. The first-order chi connectivity index (χ1) is 17.8. The zero-order valence-corrected chi connectivity index (χ0v) is 21.0. The Bertz CT molecular complexity index is 1470. The van der Waals surface area contributed by atoms with Crippen LogP contribution in [0.25, 0.3) is 10.9 Å². The number of nitrogens with one attached hydrogen (secondary N) is 1. The molecule has 1 atom stereocenters. The number of amides is 1. The number of aromatic hydroxyl groups is 2. The Morgan fingerprint density at radius 3 is 2.65 bits per heavy atom. The number of fused-ring (bicyclic) bond motifs is 1. The van der Waals surface area contributed by atoms with Crippen LogP contribution in [-0.4, -0.2) is 41.5 Å². The summed E-state index contributed by atoms with van der Waals surface area (Å²) in [6.45, 7) is 2.74. The molecule has 0 fully saturated rings. The average molecular weight is 507 g/mol. The molecule has 1 unspecified atom stereocenters. The summed E-state index contributed by atoms with van der Waals surface area (Å²) < 4.78 is 18.3. The van der Waals surface area contributed by atoms with Crippen molar-refractivity contribution in [2.45, 2.75) is 32.2 Å². The molecule has 2 heterocycles. The second-order valence-corrected chi connectivity index (χ2v) is 8.76. The van der Waals surface area contributed by atoms with E-state index in [9.17, 15) is 19.8 Å². The highest BCUT2D eigenvalue weighted by atomic mass is 16.5. The first-order valence-corrected chi connectivity index (χ1v) is 11.9. The van der Waals surface area contributed by atoms with Crippen LogP contribution >= 0.6 is 0 Å². The summed E-state index contributed by atoms with van der Waals surface area (Å²) in [5.74, 6) is -0.365. The van der Waals surface area contributed by atoms with E-state index in [4.69, 9.17) is 13.9 Å². The zero-order valence-electron chi connectivity index (χ0n) is 21.0. The summed E-state index contributed by atoms with van der Waals surface area (Å²) in [7, 11) is 3.05. The second-order valence-electron chi connectivity index (χ2n) is 8.76. The summed E-state index contributed by atoms with van der Waals surface area (Å²) in [5, 5.41) is 24.4. The molecule has 9 nitrogen and oxygen atoms in total. The first-order valence-electron chi connectivity index (χ1n) is 11.9. The van der Waals surface area contributed by atoms with Crippen molar-refractivity contribution in [2.24, 2.45) is 0 Å². The lowest BCUT2D eigenvalue weighted by Gasteiger charge is -2.19. The zero-order chi connectivity index (χ0) is 26.5. The van der Waals surface area contributed by atoms with E-state index in [1.165, 1.54) is 19.2 Å². The van der Waals surface area contributed by atoms with Crippen LogP contribution in [0.4, 0.5) is 0 Å². The molecule has 9 heteroatoms. The predicted octanol–water partition coefficient (Wildman–Crippen LogP) is 4.06. The molecule has 0 radical (unpaired) electrons. The van der Waals surface area contributed by atoms with Crippen molar-refractivity contribution in [3.05, 3.63) is 82.0 Å². The van der Waals surface area contributed by atoms with Gasteiger partial charge in [0.2, 0.25) is 17.1 Å². The second kappa shape index (κ2) is 11.1. The highest BCUT2D eigenvalue weighted by Crippen LogP contribution is 2.37. The maximum atomic E-state index is 12.9. The van der Waals surface area contributed by atoms with Crippen molar-refractivity contribution >= 4 is 16.8 Å². The molecule has 4 rings (SSSR count). The summed E-state index contributed by atoms with van der Waals surface area (Å²) in [5.41, 5.74) is 1.04. The Labute approximate surface area is 213 Å². The Balaban J connectivity index is 1.46. The van der Waals surface area contributed by atoms with E-state index < -0.39 is 17.1 Å². The van der Waals surface area contributed by atoms with Crippen molar-refractivity contribution in [1.29, 1.82) is 0 Å². The van der Waals surface area contributed by atoms with E-state index in [-0.39, 0.29) is 29.6 Å². The number of phenolic OH excluding ortho intramolecular Hbond substituents is 1. The lowest BCUT2D eigenvalue weighted by molar-refractivity contribution is -0.121. The van der Waals surface area contributed by atoms with Crippen LogP contribution in [0.2, 0.25) is 0 Å². The Morgan fingerprint density at radius 2 is 1.89 bits per heavy atom. The molecule has 0 aliphatic carbocycles. The fourth-order valence-corrected chi connectivity index (χ4v) is 4.37. The van der Waals surface area contributed by atoms with Crippen molar-refractivity contribution in [1.82, 2.24) is 9.88 Å². The number of nitrogens with zero attached hydrogens (tertiary/aromatic N) is 1. The van der Waals surface area contributed by atoms with Gasteiger partial charge in [0.05, 0.1) is 20.1 Å². The molecule has 0 aliphatic heterocycles. The number of carbonyl (C=O) groups excluding carboxylic acids is 1. The van der Waals surface area contributed by atoms with E-state index in [1.54, 1.807) is 26.2 Å². The van der Waals surface area contributed by atoms with Crippen LogP contribution < -0.4 is 20.2 Å². The molecule has 0 spiro atoms. The number of phenols is 1. The lowest BCUT2D eigenvalue weighted by atomic mass is 9.91. The Hall–Kier alpha value is -4.40. The molecule has 0 saturated carbocycles. The van der Waals surface area contributed by atoms with Crippen LogP contribution in [0.5, 0.6) is 23.0 Å². The van der Waals surface area contributed by atoms with Gasteiger partial charge in [-0.15, -0.1) is 0 Å². The SMILES string of the molecule is COc1ccc2c(ccn2CCCNC(=O)CC(c2ccc(O)c(OC)c2)c2oc(C)cc(=O)c2O)c1. The monoisotopic (exact) mass is 506 g/mol. The Kier molecular flexibility index (Phi) is 7.71. The molecule has 2 aromatic heterocycles. The van der Waals surface area contributed by atoms with E-state index in [2.05, 4.69) is 9.88 Å². The van der Waals surface area contributed by atoms with Gasteiger partial charge in [0, 0.05) is 42.7 Å². The topological polar surface area (TPSA) is 123 Å². The van der Waals surface area contributed by atoms with Crippen LogP contribution in [0.3, 0.4) is 0 Å². The summed E-state index contributed by atoms with van der Waals surface area (Å²) in [6, 6.07) is 13.7. The number of hydrogen-bond acceptors (Lipinski definition) is 7. The standard InChI is InChI=1S/C28H30N2O7/c1-17-13-24(32)27(34)28(37-17)21(18-5-8-23(31)25(15-18)36-3)16-26(33)29-10-4-11-30-12-9-19-14-20(35-2)6-7-22(19)30/h5-9,12-15,21,31,34H,4,10-11,16H2,1-3H3,(H,29,33). The van der Waals surface area contributed by atoms with Crippen molar-refractivity contribution < 1.29 is 28.9 Å². The number of benzene rings is 2. The molecular formula is C28H30N2O7. The van der Waals surface area contributed by atoms with E-state index in [0.717, 1.165) is 16.7 Å². The van der Waals surface area contributed by atoms with Gasteiger partial charge in [-0.05, 0) is 55.3 Å². The minimum absolute atomic E-state index is 0.0119. The van der Waals surface area contributed by atoms with Gasteiger partial charge in [-0.1, -0.05) is 6.07 Å². The maximum Gasteiger partial charge on any atom is 0.227 e. The first kappa shape index (κ1) is 25.7. The molecular weight excluding hydrogens is 476 g/mol. The largest absolute Gasteiger partial charge is 0.504 e. The van der Waals surface area contributed by atoms with Crippen LogP contribution in [0.15, 0.2) is 63.9 Å². The van der Waals surface area contributed by atoms with Crippen LogP contribution in [0, 0.1) is 6.92 Å². The number of aryl methyl sites for hydroxylation is 2. The summed E-state index contributed by atoms with van der Waals surface area (Å²) >= 11 is 0. The highest BCUT2D eigenvalue weighted by molar-refractivity contribution is 5.81. The molecule has 37 heavy (non-hydrogen) atoms. The fourth-order valence-electron chi connectivity index (χ4n) is 4.37. The molecule has 2 aromatic carbocycles. The third-order valence-electron chi connectivity index (χ3n) is 6.26. The molecule has 0 bridgehead atoms. The molecule has 0 aliphatic rings. The normalized spacial score (nSPS) is 11.9. The van der Waals surface area contributed by atoms with E-state index in [1.807, 2.05) is 30.5 Å². The maximum absolute atomic E-state index is 12.9. The smallest absolute Gasteiger partial charge is 0.227 e. The van der Waals surface area contributed by atoms with E-state index >= 15 is 0 Å². The number of hydrogen-bond donors (Lipinski definition) is 3. The van der Waals surface area contributed by atoms with Crippen molar-refractivity contribution in [3.8, 4) is 23.0 Å². The van der Waals surface area contributed by atoms with E-state index in [0.29, 0.717) is 30.8 Å². The van der Waals surface area contributed by atoms with Gasteiger partial charge < -0.3 is 34.0 Å². The minimum atomic E-state index is -0.773. The number of methoxy groups -OCH3 is 2. The minimum Gasteiger partial charge on any atom is -0.504 e. The van der Waals surface area contributed by atoms with Gasteiger partial charge in [-0.2, -0.15) is 0 Å². The van der Waals surface area contributed by atoms with Gasteiger partial charge >= 0.3 is 0 Å². The average Bonchev–Trinajstić information content (AvgIpc) is 3.30. The third kappa shape index (κ3) is 5.72. The van der Waals surface area contributed by atoms with Gasteiger partial charge in [-0.25, -0.2) is 0 Å². The van der Waals surface area contributed by atoms with Gasteiger partial charge in [0.15, 0.2) is 17.3 Å². The van der Waals surface area contributed by atoms with Crippen molar-refractivity contribution in [2.75, 3.05) is 20.8 Å². The molecule has 1 amide bonds. The molecule has 3 N–H and O–H groups in total. The predicted molar refractivity (Wildman–Crippen MR) is 139 cm³/mol.